The number of ketones is 1. The number of benzene rings is 3. The quantitative estimate of drug-likeness (QED) is 0.248. The largest absolute Gasteiger partial charge is 0.451 e. The highest BCUT2D eigenvalue weighted by atomic mass is 79.9. The van der Waals surface area contributed by atoms with Crippen LogP contribution in [0, 0.1) is 6.92 Å². The maximum atomic E-state index is 13.1. The zero-order valence-electron chi connectivity index (χ0n) is 17.1. The number of Topliss-reactive ketones (excluding diaryl/α,β-unsaturated/α-hetero) is 1. The van der Waals surface area contributed by atoms with Crippen LogP contribution in [0.3, 0.4) is 0 Å². The van der Waals surface area contributed by atoms with Crippen molar-refractivity contribution < 1.29 is 14.3 Å². The summed E-state index contributed by atoms with van der Waals surface area (Å²) in [5.74, 6) is -0.803. The first-order valence-corrected chi connectivity index (χ1v) is 10.7. The van der Waals surface area contributed by atoms with E-state index in [1.807, 2.05) is 55.5 Å². The van der Waals surface area contributed by atoms with Gasteiger partial charge in [0.15, 0.2) is 6.10 Å². The van der Waals surface area contributed by atoms with Crippen molar-refractivity contribution in [1.82, 2.24) is 4.98 Å². The lowest BCUT2D eigenvalue weighted by Gasteiger charge is -2.14. The summed E-state index contributed by atoms with van der Waals surface area (Å²) in [5.41, 5.74) is 4.26. The molecule has 4 aromatic rings. The average molecular weight is 474 g/mol. The van der Waals surface area contributed by atoms with E-state index < -0.39 is 12.1 Å². The Hall–Kier alpha value is -3.31. The first-order chi connectivity index (χ1) is 14.9. The Kier molecular flexibility index (Phi) is 5.96. The number of esters is 1. The van der Waals surface area contributed by atoms with Gasteiger partial charge in [0.1, 0.15) is 0 Å². The zero-order chi connectivity index (χ0) is 22.0. The van der Waals surface area contributed by atoms with E-state index in [1.54, 1.807) is 37.3 Å². The average Bonchev–Trinajstić information content (AvgIpc) is 2.78. The summed E-state index contributed by atoms with van der Waals surface area (Å²) in [4.78, 5) is 30.5. The van der Waals surface area contributed by atoms with Gasteiger partial charge in [-0.3, -0.25) is 4.79 Å². The van der Waals surface area contributed by atoms with Gasteiger partial charge in [-0.25, -0.2) is 9.78 Å². The van der Waals surface area contributed by atoms with Crippen LogP contribution in [0.1, 0.15) is 33.2 Å². The smallest absolute Gasteiger partial charge is 0.339 e. The fourth-order valence-corrected chi connectivity index (χ4v) is 3.71. The minimum atomic E-state index is -0.909. The number of rotatable bonds is 5. The van der Waals surface area contributed by atoms with Crippen molar-refractivity contribution in [3.63, 3.8) is 0 Å². The van der Waals surface area contributed by atoms with Gasteiger partial charge in [0.25, 0.3) is 0 Å². The molecule has 4 rings (SSSR count). The molecule has 31 heavy (non-hydrogen) atoms. The highest BCUT2D eigenvalue weighted by Gasteiger charge is 2.22. The predicted molar refractivity (Wildman–Crippen MR) is 125 cm³/mol. The molecule has 0 radical (unpaired) electrons. The van der Waals surface area contributed by atoms with Gasteiger partial charge in [-0.1, -0.05) is 76.1 Å². The fraction of sp³-hybridized carbons (Fsp3) is 0.115. The van der Waals surface area contributed by atoms with Crippen LogP contribution in [0.25, 0.3) is 22.2 Å². The van der Waals surface area contributed by atoms with Crippen molar-refractivity contribution in [2.45, 2.75) is 20.0 Å². The van der Waals surface area contributed by atoms with E-state index in [0.717, 1.165) is 15.6 Å². The second-order valence-corrected chi connectivity index (χ2v) is 8.28. The lowest BCUT2D eigenvalue weighted by atomic mass is 10.0. The number of hydrogen-bond donors (Lipinski definition) is 0. The topological polar surface area (TPSA) is 56.3 Å². The molecule has 154 valence electrons. The molecule has 0 amide bonds. The number of aryl methyl sites for hydroxylation is 1. The number of fused-ring (bicyclic) bond motifs is 1. The van der Waals surface area contributed by atoms with Crippen LogP contribution < -0.4 is 0 Å². The SMILES string of the molecule is Cc1ccc(-c2cc(C(=O)OC(C)C(=O)c3ccccc3)c3cc(Br)ccc3n2)cc1. The molecule has 0 spiro atoms. The van der Waals surface area contributed by atoms with Crippen molar-refractivity contribution in [3.8, 4) is 11.3 Å². The number of aromatic nitrogens is 1. The van der Waals surface area contributed by atoms with Crippen LogP contribution in [0.2, 0.25) is 0 Å². The van der Waals surface area contributed by atoms with Crippen LogP contribution in [0.15, 0.2) is 83.3 Å². The Morgan fingerprint density at radius 2 is 1.65 bits per heavy atom. The second kappa shape index (κ2) is 8.82. The molecule has 4 nitrogen and oxygen atoms in total. The van der Waals surface area contributed by atoms with E-state index >= 15 is 0 Å². The molecule has 0 aliphatic heterocycles. The highest BCUT2D eigenvalue weighted by molar-refractivity contribution is 9.10. The summed E-state index contributed by atoms with van der Waals surface area (Å²) in [6.45, 7) is 3.61. The number of pyridine rings is 1. The van der Waals surface area contributed by atoms with Gasteiger partial charge in [-0.05, 0) is 38.1 Å². The third-order valence-electron chi connectivity index (χ3n) is 5.05. The van der Waals surface area contributed by atoms with Crippen LogP contribution in [-0.4, -0.2) is 22.8 Å². The summed E-state index contributed by atoms with van der Waals surface area (Å²) in [6.07, 6.45) is -0.909. The van der Waals surface area contributed by atoms with Gasteiger partial charge in [0.2, 0.25) is 5.78 Å². The van der Waals surface area contributed by atoms with E-state index in [-0.39, 0.29) is 5.78 Å². The normalized spacial score (nSPS) is 11.8. The molecule has 1 aromatic heterocycles. The molecule has 3 aromatic carbocycles. The fourth-order valence-electron chi connectivity index (χ4n) is 3.35. The van der Waals surface area contributed by atoms with Gasteiger partial charge in [-0.15, -0.1) is 0 Å². The van der Waals surface area contributed by atoms with Crippen molar-refractivity contribution in [1.29, 1.82) is 0 Å². The highest BCUT2D eigenvalue weighted by Crippen LogP contribution is 2.28. The number of hydrogen-bond acceptors (Lipinski definition) is 4. The van der Waals surface area contributed by atoms with Gasteiger partial charge < -0.3 is 4.74 Å². The van der Waals surface area contributed by atoms with E-state index in [1.165, 1.54) is 0 Å². The van der Waals surface area contributed by atoms with E-state index in [0.29, 0.717) is 27.7 Å². The number of carbonyl (C=O) groups is 2. The zero-order valence-corrected chi connectivity index (χ0v) is 18.7. The minimum absolute atomic E-state index is 0.243. The molecule has 5 heteroatoms. The number of ether oxygens (including phenoxy) is 1. The molecule has 0 saturated heterocycles. The maximum Gasteiger partial charge on any atom is 0.339 e. The van der Waals surface area contributed by atoms with Crippen molar-refractivity contribution in [2.75, 3.05) is 0 Å². The lowest BCUT2D eigenvalue weighted by molar-refractivity contribution is 0.0320. The van der Waals surface area contributed by atoms with Crippen molar-refractivity contribution in [3.05, 3.63) is 100 Å². The molecule has 1 atom stereocenters. The van der Waals surface area contributed by atoms with Crippen molar-refractivity contribution in [2.24, 2.45) is 0 Å². The molecular formula is C26H20BrNO3. The third kappa shape index (κ3) is 4.57. The summed E-state index contributed by atoms with van der Waals surface area (Å²) >= 11 is 3.46. The maximum absolute atomic E-state index is 13.1. The third-order valence-corrected chi connectivity index (χ3v) is 5.54. The van der Waals surface area contributed by atoms with Crippen LogP contribution in [-0.2, 0) is 4.74 Å². The Labute approximate surface area is 189 Å². The Morgan fingerprint density at radius 3 is 2.35 bits per heavy atom. The second-order valence-electron chi connectivity index (χ2n) is 7.36. The summed E-state index contributed by atoms with van der Waals surface area (Å²) in [5, 5.41) is 0.662. The Bertz CT molecular complexity index is 1270. The molecular weight excluding hydrogens is 454 g/mol. The Balaban J connectivity index is 1.72. The van der Waals surface area contributed by atoms with E-state index in [2.05, 4.69) is 15.9 Å². The molecule has 0 N–H and O–H groups in total. The summed E-state index contributed by atoms with van der Waals surface area (Å²) in [7, 11) is 0. The minimum Gasteiger partial charge on any atom is -0.451 e. The molecule has 1 heterocycles. The van der Waals surface area contributed by atoms with E-state index in [9.17, 15) is 9.59 Å². The predicted octanol–water partition coefficient (Wildman–Crippen LogP) is 6.40. The van der Waals surface area contributed by atoms with E-state index in [4.69, 9.17) is 9.72 Å². The van der Waals surface area contributed by atoms with Crippen LogP contribution in [0.5, 0.6) is 0 Å². The van der Waals surface area contributed by atoms with Crippen LogP contribution >= 0.6 is 15.9 Å². The van der Waals surface area contributed by atoms with Crippen molar-refractivity contribution >= 4 is 38.6 Å². The number of nitrogens with zero attached hydrogens (tertiary/aromatic N) is 1. The standard InChI is InChI=1S/C26H20BrNO3/c1-16-8-10-18(11-9-16)24-15-22(21-14-20(27)12-13-23(21)28-24)26(30)31-17(2)25(29)19-6-4-3-5-7-19/h3-15,17H,1-2H3. The summed E-state index contributed by atoms with van der Waals surface area (Å²) < 4.78 is 6.41. The van der Waals surface area contributed by atoms with Gasteiger partial charge in [-0.2, -0.15) is 0 Å². The number of halogens is 1. The van der Waals surface area contributed by atoms with Gasteiger partial charge in [0, 0.05) is 21.0 Å². The molecule has 1 unspecified atom stereocenters. The molecule has 0 aliphatic carbocycles. The Morgan fingerprint density at radius 1 is 0.935 bits per heavy atom. The molecule has 0 fully saturated rings. The summed E-state index contributed by atoms with van der Waals surface area (Å²) in [6, 6.07) is 24.1. The van der Waals surface area contributed by atoms with Gasteiger partial charge >= 0.3 is 5.97 Å². The molecule has 0 saturated carbocycles. The first kappa shape index (κ1) is 20.9. The molecule has 0 aliphatic rings. The number of carbonyl (C=O) groups excluding carboxylic acids is 2. The molecule has 0 bridgehead atoms. The monoisotopic (exact) mass is 473 g/mol. The lowest BCUT2D eigenvalue weighted by Crippen LogP contribution is -2.24. The first-order valence-electron chi connectivity index (χ1n) is 9.90. The van der Waals surface area contributed by atoms with Crippen LogP contribution in [0.4, 0.5) is 0 Å². The van der Waals surface area contributed by atoms with Gasteiger partial charge in [0.05, 0.1) is 16.8 Å².